The second kappa shape index (κ2) is 5.90. The van der Waals surface area contributed by atoms with Crippen molar-refractivity contribution in [3.8, 4) is 0 Å². The van der Waals surface area contributed by atoms with Crippen molar-refractivity contribution >= 4 is 11.7 Å². The Bertz CT molecular complexity index is 524. The fraction of sp³-hybridized carbons (Fsp3) is 0.500. The lowest BCUT2D eigenvalue weighted by molar-refractivity contribution is -0.131. The van der Waals surface area contributed by atoms with Crippen molar-refractivity contribution < 1.29 is 10.0 Å². The number of aryl methyl sites for hydroxylation is 1. The van der Waals surface area contributed by atoms with Crippen LogP contribution < -0.4 is 11.1 Å². The van der Waals surface area contributed by atoms with Gasteiger partial charge in [0.1, 0.15) is 5.41 Å². The molecular weight excluding hydrogens is 256 g/mol. The van der Waals surface area contributed by atoms with Crippen LogP contribution in [0.1, 0.15) is 37.4 Å². The largest absolute Gasteiger partial charge is 0.409 e. The van der Waals surface area contributed by atoms with Crippen molar-refractivity contribution in [1.82, 2.24) is 10.3 Å². The Morgan fingerprint density at radius 1 is 1.60 bits per heavy atom. The molecule has 1 amide bonds. The second-order valence-electron chi connectivity index (χ2n) is 5.07. The van der Waals surface area contributed by atoms with E-state index in [4.69, 9.17) is 10.9 Å². The van der Waals surface area contributed by atoms with E-state index < -0.39 is 5.41 Å². The highest BCUT2D eigenvalue weighted by Gasteiger charge is 2.48. The number of nitrogens with zero attached hydrogens (tertiary/aromatic N) is 2. The summed E-state index contributed by atoms with van der Waals surface area (Å²) >= 11 is 0. The number of amidine groups is 1. The van der Waals surface area contributed by atoms with Crippen LogP contribution in [0.15, 0.2) is 23.5 Å². The van der Waals surface area contributed by atoms with E-state index in [9.17, 15) is 4.79 Å². The first kappa shape index (κ1) is 14.3. The van der Waals surface area contributed by atoms with E-state index in [-0.39, 0.29) is 11.7 Å². The molecule has 0 atom stereocenters. The molecule has 1 heterocycles. The second-order valence-corrected chi connectivity index (χ2v) is 5.07. The number of aromatic nitrogens is 1. The number of hydrogen-bond donors (Lipinski definition) is 3. The number of nitrogens with two attached hydrogens (primary N) is 1. The predicted molar refractivity (Wildman–Crippen MR) is 75.2 cm³/mol. The van der Waals surface area contributed by atoms with Crippen LogP contribution >= 0.6 is 0 Å². The zero-order valence-corrected chi connectivity index (χ0v) is 11.6. The minimum Gasteiger partial charge on any atom is -0.409 e. The summed E-state index contributed by atoms with van der Waals surface area (Å²) in [5.41, 5.74) is 6.79. The number of pyridine rings is 1. The molecule has 1 aromatic heterocycles. The molecule has 2 rings (SSSR count). The van der Waals surface area contributed by atoms with E-state index in [1.807, 2.05) is 19.1 Å². The summed E-state index contributed by atoms with van der Waals surface area (Å²) in [5.74, 6) is -0.190. The maximum atomic E-state index is 12.3. The molecule has 0 aromatic carbocycles. The summed E-state index contributed by atoms with van der Waals surface area (Å²) in [4.78, 5) is 16.6. The first-order valence-corrected chi connectivity index (χ1v) is 6.83. The molecular formula is C14H20N4O2. The molecule has 0 bridgehead atoms. The van der Waals surface area contributed by atoms with Gasteiger partial charge in [0.05, 0.1) is 12.2 Å². The Morgan fingerprint density at radius 3 is 2.90 bits per heavy atom. The molecule has 0 spiro atoms. The van der Waals surface area contributed by atoms with Crippen molar-refractivity contribution in [2.24, 2.45) is 16.3 Å². The number of nitrogens with one attached hydrogen (secondary N) is 1. The average Bonchev–Trinajstić information content (AvgIpc) is 2.43. The highest BCUT2D eigenvalue weighted by atomic mass is 16.4. The van der Waals surface area contributed by atoms with Gasteiger partial charge in [-0.05, 0) is 30.9 Å². The third kappa shape index (κ3) is 2.45. The molecule has 1 fully saturated rings. The summed E-state index contributed by atoms with van der Waals surface area (Å²) in [6.45, 7) is 2.41. The third-order valence-corrected chi connectivity index (χ3v) is 4.02. The van der Waals surface area contributed by atoms with Crippen LogP contribution in [-0.4, -0.2) is 21.9 Å². The molecule has 108 valence electrons. The molecule has 0 radical (unpaired) electrons. The van der Waals surface area contributed by atoms with Gasteiger partial charge in [0.15, 0.2) is 5.84 Å². The fourth-order valence-corrected chi connectivity index (χ4v) is 2.51. The summed E-state index contributed by atoms with van der Waals surface area (Å²) < 4.78 is 0. The number of oxime groups is 1. The zero-order chi connectivity index (χ0) is 14.6. The number of carbonyl (C=O) groups is 1. The van der Waals surface area contributed by atoms with Crippen molar-refractivity contribution in [3.05, 3.63) is 29.6 Å². The Hall–Kier alpha value is -2.11. The van der Waals surface area contributed by atoms with Gasteiger partial charge in [-0.1, -0.05) is 24.6 Å². The van der Waals surface area contributed by atoms with E-state index in [1.165, 1.54) is 0 Å². The molecule has 4 N–H and O–H groups in total. The number of rotatable bonds is 5. The van der Waals surface area contributed by atoms with Gasteiger partial charge in [-0.3, -0.25) is 9.78 Å². The van der Waals surface area contributed by atoms with Crippen LogP contribution in [0.5, 0.6) is 0 Å². The monoisotopic (exact) mass is 276 g/mol. The van der Waals surface area contributed by atoms with Crippen LogP contribution in [0, 0.1) is 5.41 Å². The predicted octanol–water partition coefficient (Wildman–Crippen LogP) is 1.18. The number of hydrogen-bond acceptors (Lipinski definition) is 4. The Morgan fingerprint density at radius 2 is 2.35 bits per heavy atom. The lowest BCUT2D eigenvalue weighted by atomic mass is 9.67. The summed E-state index contributed by atoms with van der Waals surface area (Å²) in [6, 6.07) is 3.88. The quantitative estimate of drug-likeness (QED) is 0.325. The molecule has 20 heavy (non-hydrogen) atoms. The van der Waals surface area contributed by atoms with E-state index >= 15 is 0 Å². The van der Waals surface area contributed by atoms with E-state index in [0.29, 0.717) is 19.4 Å². The highest BCUT2D eigenvalue weighted by Crippen LogP contribution is 2.41. The molecule has 1 aliphatic carbocycles. The highest BCUT2D eigenvalue weighted by molar-refractivity contribution is 6.07. The lowest BCUT2D eigenvalue weighted by Gasteiger charge is -2.38. The standard InChI is InChI=1S/C14H20N4O2/c1-2-10-5-3-8-16-11(10)9-17-13(19)14(6-4-7-14)12(15)18-20/h3,5,8,20H,2,4,6-7,9H2,1H3,(H2,15,18)(H,17,19). The van der Waals surface area contributed by atoms with Gasteiger partial charge in [-0.2, -0.15) is 0 Å². The molecule has 1 saturated carbocycles. The van der Waals surface area contributed by atoms with Crippen molar-refractivity contribution in [3.63, 3.8) is 0 Å². The topological polar surface area (TPSA) is 101 Å². The minimum atomic E-state index is -0.837. The van der Waals surface area contributed by atoms with E-state index in [2.05, 4.69) is 15.5 Å². The fourth-order valence-electron chi connectivity index (χ4n) is 2.51. The maximum absolute atomic E-state index is 12.3. The molecule has 0 saturated heterocycles. The number of amides is 1. The first-order chi connectivity index (χ1) is 9.64. The van der Waals surface area contributed by atoms with Gasteiger partial charge >= 0.3 is 0 Å². The van der Waals surface area contributed by atoms with Crippen LogP contribution in [0.4, 0.5) is 0 Å². The Labute approximate surface area is 118 Å². The van der Waals surface area contributed by atoms with Gasteiger partial charge in [0.2, 0.25) is 5.91 Å². The molecule has 0 aliphatic heterocycles. The molecule has 0 unspecified atom stereocenters. The van der Waals surface area contributed by atoms with Gasteiger partial charge in [0, 0.05) is 6.20 Å². The third-order valence-electron chi connectivity index (χ3n) is 4.02. The lowest BCUT2D eigenvalue weighted by Crippen LogP contribution is -2.53. The van der Waals surface area contributed by atoms with Crippen molar-refractivity contribution in [2.75, 3.05) is 0 Å². The Kier molecular flexibility index (Phi) is 4.22. The first-order valence-electron chi connectivity index (χ1n) is 6.83. The zero-order valence-electron chi connectivity index (χ0n) is 11.6. The van der Waals surface area contributed by atoms with E-state index in [0.717, 1.165) is 24.1 Å². The van der Waals surface area contributed by atoms with Gasteiger partial charge in [-0.25, -0.2) is 0 Å². The van der Waals surface area contributed by atoms with Crippen molar-refractivity contribution in [1.29, 1.82) is 0 Å². The SMILES string of the molecule is CCc1cccnc1CNC(=O)C1(/C(N)=N/O)CCC1. The summed E-state index contributed by atoms with van der Waals surface area (Å²) in [7, 11) is 0. The molecule has 1 aromatic rings. The molecule has 6 nitrogen and oxygen atoms in total. The van der Waals surface area contributed by atoms with E-state index in [1.54, 1.807) is 6.20 Å². The average molecular weight is 276 g/mol. The van der Waals surface area contributed by atoms with Crippen LogP contribution in [-0.2, 0) is 17.8 Å². The summed E-state index contributed by atoms with van der Waals surface area (Å²) in [5, 5.41) is 14.7. The Balaban J connectivity index is 2.05. The maximum Gasteiger partial charge on any atom is 0.234 e. The summed E-state index contributed by atoms with van der Waals surface area (Å²) in [6.07, 6.45) is 4.73. The number of carbonyl (C=O) groups excluding carboxylic acids is 1. The van der Waals surface area contributed by atoms with Gasteiger partial charge in [-0.15, -0.1) is 0 Å². The van der Waals surface area contributed by atoms with Crippen molar-refractivity contribution in [2.45, 2.75) is 39.2 Å². The van der Waals surface area contributed by atoms with Gasteiger partial charge < -0.3 is 16.3 Å². The van der Waals surface area contributed by atoms with Crippen LogP contribution in [0.2, 0.25) is 0 Å². The van der Waals surface area contributed by atoms with Crippen LogP contribution in [0.3, 0.4) is 0 Å². The minimum absolute atomic E-state index is 0.00186. The smallest absolute Gasteiger partial charge is 0.234 e. The van der Waals surface area contributed by atoms with Crippen LogP contribution in [0.25, 0.3) is 0 Å². The normalized spacial score (nSPS) is 17.4. The van der Waals surface area contributed by atoms with Gasteiger partial charge in [0.25, 0.3) is 0 Å². The molecule has 1 aliphatic rings. The molecule has 6 heteroatoms.